The van der Waals surface area contributed by atoms with Gasteiger partial charge in [-0.1, -0.05) is 36.4 Å². The van der Waals surface area contributed by atoms with Crippen molar-refractivity contribution < 1.29 is 33.3 Å². The van der Waals surface area contributed by atoms with Crippen molar-refractivity contribution in [3.8, 4) is 11.5 Å². The highest BCUT2D eigenvalue weighted by atomic mass is 16.5. The fourth-order valence-corrected chi connectivity index (χ4v) is 3.81. The molecule has 1 aliphatic rings. The highest BCUT2D eigenvalue weighted by Crippen LogP contribution is 2.29. The monoisotopic (exact) mass is 492 g/mol. The van der Waals surface area contributed by atoms with Gasteiger partial charge in [-0.2, -0.15) is 0 Å². The van der Waals surface area contributed by atoms with Gasteiger partial charge in [0.05, 0.1) is 25.9 Å². The SMILES string of the molecule is COc1cc(C(=O)O[C@H](C)C(=O)Nc2cccc3ccccc23)ccc1OCC(=O)N1CCOCC1. The molecule has 0 radical (unpaired) electrons. The van der Waals surface area contributed by atoms with Gasteiger partial charge >= 0.3 is 5.97 Å². The lowest BCUT2D eigenvalue weighted by molar-refractivity contribution is -0.137. The molecular weight excluding hydrogens is 464 g/mol. The van der Waals surface area contributed by atoms with Crippen LogP contribution in [0.1, 0.15) is 17.3 Å². The normalized spacial score (nSPS) is 14.1. The molecule has 3 aromatic carbocycles. The zero-order chi connectivity index (χ0) is 25.5. The van der Waals surface area contributed by atoms with Crippen LogP contribution in [-0.2, 0) is 19.1 Å². The molecule has 0 saturated carbocycles. The van der Waals surface area contributed by atoms with Crippen LogP contribution in [0.15, 0.2) is 60.7 Å². The minimum atomic E-state index is -1.04. The van der Waals surface area contributed by atoms with E-state index in [9.17, 15) is 14.4 Å². The predicted octanol–water partition coefficient (Wildman–Crippen LogP) is 3.27. The number of amides is 2. The lowest BCUT2D eigenvalue weighted by Crippen LogP contribution is -2.43. The van der Waals surface area contributed by atoms with E-state index in [1.54, 1.807) is 11.0 Å². The van der Waals surface area contributed by atoms with Crippen molar-refractivity contribution in [2.24, 2.45) is 0 Å². The van der Waals surface area contributed by atoms with Gasteiger partial charge in [0.15, 0.2) is 24.2 Å². The van der Waals surface area contributed by atoms with Crippen molar-refractivity contribution in [3.63, 3.8) is 0 Å². The van der Waals surface area contributed by atoms with Crippen molar-refractivity contribution in [3.05, 3.63) is 66.2 Å². The Morgan fingerprint density at radius 2 is 1.75 bits per heavy atom. The zero-order valence-electron chi connectivity index (χ0n) is 20.2. The van der Waals surface area contributed by atoms with Gasteiger partial charge in [-0.3, -0.25) is 9.59 Å². The summed E-state index contributed by atoms with van der Waals surface area (Å²) in [5.41, 5.74) is 0.819. The minimum Gasteiger partial charge on any atom is -0.493 e. The van der Waals surface area contributed by atoms with Crippen LogP contribution in [0.3, 0.4) is 0 Å². The van der Waals surface area contributed by atoms with Gasteiger partial charge in [-0.15, -0.1) is 0 Å². The van der Waals surface area contributed by atoms with Gasteiger partial charge < -0.3 is 29.2 Å². The number of nitrogens with zero attached hydrogens (tertiary/aromatic N) is 1. The van der Waals surface area contributed by atoms with E-state index in [1.807, 2.05) is 36.4 Å². The number of nitrogens with one attached hydrogen (secondary N) is 1. The smallest absolute Gasteiger partial charge is 0.339 e. The van der Waals surface area contributed by atoms with E-state index in [-0.39, 0.29) is 23.8 Å². The van der Waals surface area contributed by atoms with E-state index >= 15 is 0 Å². The largest absolute Gasteiger partial charge is 0.493 e. The number of morpholine rings is 1. The summed E-state index contributed by atoms with van der Waals surface area (Å²) in [5.74, 6) is -0.711. The van der Waals surface area contributed by atoms with Crippen LogP contribution in [0.4, 0.5) is 5.69 Å². The molecule has 188 valence electrons. The first-order valence-electron chi connectivity index (χ1n) is 11.6. The molecule has 9 nitrogen and oxygen atoms in total. The van der Waals surface area contributed by atoms with Crippen molar-refractivity contribution in [1.82, 2.24) is 4.90 Å². The van der Waals surface area contributed by atoms with Crippen molar-refractivity contribution in [1.29, 1.82) is 0 Å². The second-order valence-electron chi connectivity index (χ2n) is 8.21. The summed E-state index contributed by atoms with van der Waals surface area (Å²) in [7, 11) is 1.43. The predicted molar refractivity (Wildman–Crippen MR) is 133 cm³/mol. The third-order valence-electron chi connectivity index (χ3n) is 5.81. The Kier molecular flexibility index (Phi) is 8.02. The van der Waals surface area contributed by atoms with E-state index in [0.29, 0.717) is 37.7 Å². The van der Waals surface area contributed by atoms with Crippen LogP contribution in [0.2, 0.25) is 0 Å². The van der Waals surface area contributed by atoms with Gasteiger partial charge in [0.1, 0.15) is 0 Å². The number of benzene rings is 3. The Hall–Kier alpha value is -4.11. The number of hydrogen-bond donors (Lipinski definition) is 1. The van der Waals surface area contributed by atoms with Crippen LogP contribution in [-0.4, -0.2) is 68.8 Å². The lowest BCUT2D eigenvalue weighted by atomic mass is 10.1. The van der Waals surface area contributed by atoms with E-state index in [0.717, 1.165) is 10.8 Å². The quantitative estimate of drug-likeness (QED) is 0.482. The average Bonchev–Trinajstić information content (AvgIpc) is 2.92. The van der Waals surface area contributed by atoms with E-state index in [2.05, 4.69) is 5.32 Å². The van der Waals surface area contributed by atoms with Crippen LogP contribution in [0.25, 0.3) is 10.8 Å². The summed E-state index contributed by atoms with van der Waals surface area (Å²) in [6.07, 6.45) is -1.04. The summed E-state index contributed by atoms with van der Waals surface area (Å²) in [5, 5.41) is 4.70. The van der Waals surface area contributed by atoms with Crippen LogP contribution >= 0.6 is 0 Å². The fraction of sp³-hybridized carbons (Fsp3) is 0.296. The third kappa shape index (κ3) is 5.92. The third-order valence-corrected chi connectivity index (χ3v) is 5.81. The van der Waals surface area contributed by atoms with Crippen molar-refractivity contribution in [2.75, 3.05) is 45.3 Å². The Balaban J connectivity index is 1.36. The highest BCUT2D eigenvalue weighted by molar-refractivity contribution is 6.04. The fourth-order valence-electron chi connectivity index (χ4n) is 3.81. The Morgan fingerprint density at radius 3 is 2.53 bits per heavy atom. The average molecular weight is 493 g/mol. The van der Waals surface area contributed by atoms with Crippen LogP contribution < -0.4 is 14.8 Å². The molecule has 2 amide bonds. The zero-order valence-corrected chi connectivity index (χ0v) is 20.2. The molecule has 1 aliphatic heterocycles. The standard InChI is InChI=1S/C27H28N2O7/c1-18(26(31)28-22-9-5-7-19-6-3-4-8-21(19)22)36-27(32)20-10-11-23(24(16-20)33-2)35-17-25(30)29-12-14-34-15-13-29/h3-11,16,18H,12-15,17H2,1-2H3,(H,28,31)/t18-/m1/s1. The van der Waals surface area contributed by atoms with Gasteiger partial charge in [0.2, 0.25) is 0 Å². The van der Waals surface area contributed by atoms with Crippen molar-refractivity contribution >= 4 is 34.2 Å². The number of methoxy groups -OCH3 is 1. The van der Waals surface area contributed by atoms with Gasteiger partial charge in [-0.05, 0) is 36.6 Å². The molecule has 0 spiro atoms. The summed E-state index contributed by atoms with van der Waals surface area (Å²) < 4.78 is 21.6. The number of rotatable bonds is 8. The second-order valence-corrected chi connectivity index (χ2v) is 8.21. The molecule has 0 bridgehead atoms. The van der Waals surface area contributed by atoms with Crippen LogP contribution in [0, 0.1) is 0 Å². The minimum absolute atomic E-state index is 0.158. The summed E-state index contributed by atoms with van der Waals surface area (Å²) in [6.45, 7) is 3.40. The van der Waals surface area contributed by atoms with Gasteiger partial charge in [-0.25, -0.2) is 4.79 Å². The molecule has 1 fully saturated rings. The molecular formula is C27H28N2O7. The first kappa shape index (κ1) is 25.0. The maximum atomic E-state index is 12.7. The molecule has 0 unspecified atom stereocenters. The molecule has 1 N–H and O–H groups in total. The Bertz CT molecular complexity index is 1250. The van der Waals surface area contributed by atoms with Gasteiger partial charge in [0, 0.05) is 24.2 Å². The Morgan fingerprint density at radius 1 is 1.00 bits per heavy atom. The molecule has 3 aromatic rings. The number of esters is 1. The molecule has 0 aliphatic carbocycles. The number of ether oxygens (including phenoxy) is 4. The molecule has 9 heteroatoms. The second kappa shape index (κ2) is 11.5. The molecule has 1 heterocycles. The summed E-state index contributed by atoms with van der Waals surface area (Å²) in [4.78, 5) is 39.4. The van der Waals surface area contributed by atoms with Gasteiger partial charge in [0.25, 0.3) is 11.8 Å². The highest BCUT2D eigenvalue weighted by Gasteiger charge is 2.22. The topological polar surface area (TPSA) is 103 Å². The molecule has 1 atom stereocenters. The number of carbonyl (C=O) groups is 3. The Labute approximate surface area is 208 Å². The maximum absolute atomic E-state index is 12.7. The van der Waals surface area contributed by atoms with E-state index in [4.69, 9.17) is 18.9 Å². The number of hydrogen-bond acceptors (Lipinski definition) is 7. The molecule has 1 saturated heterocycles. The lowest BCUT2D eigenvalue weighted by Gasteiger charge is -2.26. The molecule has 4 rings (SSSR count). The number of carbonyl (C=O) groups excluding carboxylic acids is 3. The maximum Gasteiger partial charge on any atom is 0.339 e. The molecule has 0 aromatic heterocycles. The van der Waals surface area contributed by atoms with E-state index < -0.39 is 18.0 Å². The van der Waals surface area contributed by atoms with Crippen molar-refractivity contribution in [2.45, 2.75) is 13.0 Å². The summed E-state index contributed by atoms with van der Waals surface area (Å²) in [6, 6.07) is 17.7. The van der Waals surface area contributed by atoms with Crippen LogP contribution in [0.5, 0.6) is 11.5 Å². The number of anilines is 1. The summed E-state index contributed by atoms with van der Waals surface area (Å²) >= 11 is 0. The first-order valence-corrected chi connectivity index (χ1v) is 11.6. The van der Waals surface area contributed by atoms with E-state index in [1.165, 1.54) is 32.2 Å². The molecule has 36 heavy (non-hydrogen) atoms. The number of fused-ring (bicyclic) bond motifs is 1. The first-order chi connectivity index (χ1) is 17.5.